The normalized spacial score (nSPS) is 14.9. The summed E-state index contributed by atoms with van der Waals surface area (Å²) in [6.07, 6.45) is 10.3. The summed E-state index contributed by atoms with van der Waals surface area (Å²) < 4.78 is 4.17. The highest BCUT2D eigenvalue weighted by atomic mass is 16.2. The third-order valence-electron chi connectivity index (χ3n) is 5.61. The summed E-state index contributed by atoms with van der Waals surface area (Å²) in [6, 6.07) is 0. The first kappa shape index (κ1) is 19.4. The van der Waals surface area contributed by atoms with E-state index in [0.29, 0.717) is 30.6 Å². The van der Waals surface area contributed by atoms with Crippen LogP contribution in [-0.4, -0.2) is 31.1 Å². The minimum Gasteiger partial charge on any atom is -0.356 e. The van der Waals surface area contributed by atoms with Gasteiger partial charge in [0.25, 0.3) is 5.56 Å². The molecule has 2 heterocycles. The monoisotopic (exact) mass is 375 g/mol. The Hall–Kier alpha value is -2.38. The summed E-state index contributed by atoms with van der Waals surface area (Å²) in [5, 5.41) is 2.99. The molecule has 8 nitrogen and oxygen atoms in total. The molecule has 0 saturated heterocycles. The average Bonchev–Trinajstić information content (AvgIpc) is 3.32. The third-order valence-corrected chi connectivity index (χ3v) is 5.61. The van der Waals surface area contributed by atoms with Crippen molar-refractivity contribution in [1.82, 2.24) is 24.0 Å². The van der Waals surface area contributed by atoms with Gasteiger partial charge in [0.15, 0.2) is 11.2 Å². The van der Waals surface area contributed by atoms with Crippen LogP contribution in [0.4, 0.5) is 0 Å². The number of carbonyl (C=O) groups excluding carboxylic acids is 1. The van der Waals surface area contributed by atoms with Crippen LogP contribution in [-0.2, 0) is 25.4 Å². The summed E-state index contributed by atoms with van der Waals surface area (Å²) in [5.74, 6) is 0.904. The van der Waals surface area contributed by atoms with Gasteiger partial charge in [-0.25, -0.2) is 9.78 Å². The van der Waals surface area contributed by atoms with Crippen molar-refractivity contribution in [2.75, 3.05) is 6.54 Å². The highest BCUT2D eigenvalue weighted by Crippen LogP contribution is 2.28. The van der Waals surface area contributed by atoms with Gasteiger partial charge in [-0.1, -0.05) is 25.7 Å². The predicted molar refractivity (Wildman–Crippen MR) is 104 cm³/mol. The Bertz CT molecular complexity index is 918. The number of nitrogens with zero attached hydrogens (tertiary/aromatic N) is 4. The second kappa shape index (κ2) is 8.54. The van der Waals surface area contributed by atoms with E-state index in [2.05, 4.69) is 10.3 Å². The molecular weight excluding hydrogens is 346 g/mol. The van der Waals surface area contributed by atoms with Crippen molar-refractivity contribution in [2.24, 2.45) is 20.0 Å². The van der Waals surface area contributed by atoms with Gasteiger partial charge in [-0.2, -0.15) is 0 Å². The summed E-state index contributed by atoms with van der Waals surface area (Å²) in [5.41, 5.74) is 0.0210. The Kier molecular flexibility index (Phi) is 6.13. The second-order valence-corrected chi connectivity index (χ2v) is 7.56. The molecule has 0 unspecified atom stereocenters. The Balaban J connectivity index is 1.48. The Morgan fingerprint density at radius 1 is 1.19 bits per heavy atom. The van der Waals surface area contributed by atoms with Crippen LogP contribution in [0.1, 0.15) is 51.4 Å². The Labute approximate surface area is 158 Å². The topological polar surface area (TPSA) is 90.9 Å². The van der Waals surface area contributed by atoms with Gasteiger partial charge in [0.2, 0.25) is 5.91 Å². The van der Waals surface area contributed by atoms with Gasteiger partial charge in [0.05, 0.1) is 6.33 Å². The van der Waals surface area contributed by atoms with Crippen LogP contribution in [0, 0.1) is 5.92 Å². The summed E-state index contributed by atoms with van der Waals surface area (Å²) >= 11 is 0. The largest absolute Gasteiger partial charge is 0.356 e. The van der Waals surface area contributed by atoms with Crippen molar-refractivity contribution in [1.29, 1.82) is 0 Å². The molecule has 3 rings (SSSR count). The van der Waals surface area contributed by atoms with E-state index >= 15 is 0 Å². The fraction of sp³-hybridized carbons (Fsp3) is 0.684. The van der Waals surface area contributed by atoms with E-state index in [0.717, 1.165) is 23.5 Å². The lowest BCUT2D eigenvalue weighted by atomic mass is 10.0. The number of hydrogen-bond acceptors (Lipinski definition) is 4. The molecule has 27 heavy (non-hydrogen) atoms. The van der Waals surface area contributed by atoms with Crippen molar-refractivity contribution in [3.63, 3.8) is 0 Å². The van der Waals surface area contributed by atoms with Crippen molar-refractivity contribution in [2.45, 2.75) is 57.9 Å². The molecule has 8 heteroatoms. The highest BCUT2D eigenvalue weighted by Gasteiger charge is 2.15. The number of rotatable bonds is 8. The summed E-state index contributed by atoms with van der Waals surface area (Å²) in [7, 11) is 3.06. The average molecular weight is 375 g/mol. The summed E-state index contributed by atoms with van der Waals surface area (Å²) in [4.78, 5) is 40.5. The first-order valence-corrected chi connectivity index (χ1v) is 9.86. The maximum Gasteiger partial charge on any atom is 0.332 e. The number of imidazole rings is 1. The first-order valence-electron chi connectivity index (χ1n) is 9.86. The molecular formula is C19H29N5O3. The summed E-state index contributed by atoms with van der Waals surface area (Å²) in [6.45, 7) is 1.26. The van der Waals surface area contributed by atoms with Crippen LogP contribution in [0.2, 0.25) is 0 Å². The van der Waals surface area contributed by atoms with Gasteiger partial charge >= 0.3 is 5.69 Å². The lowest BCUT2D eigenvalue weighted by Gasteiger charge is -2.10. The van der Waals surface area contributed by atoms with Crippen LogP contribution in [0.15, 0.2) is 15.9 Å². The van der Waals surface area contributed by atoms with Crippen LogP contribution in [0.3, 0.4) is 0 Å². The van der Waals surface area contributed by atoms with Crippen LogP contribution in [0.25, 0.3) is 11.2 Å². The molecule has 0 aliphatic heterocycles. The SMILES string of the molecule is Cn1c(=O)c2c(ncn2CCCC(=O)NCCCC2CCCC2)n(C)c1=O. The van der Waals surface area contributed by atoms with Gasteiger partial charge in [0.1, 0.15) is 0 Å². The van der Waals surface area contributed by atoms with E-state index in [1.54, 1.807) is 17.9 Å². The highest BCUT2D eigenvalue weighted by molar-refractivity contribution is 5.75. The van der Waals surface area contributed by atoms with Crippen molar-refractivity contribution in [3.8, 4) is 0 Å². The molecule has 2 aromatic heterocycles. The number of carbonyl (C=O) groups is 1. The van der Waals surface area contributed by atoms with E-state index in [1.807, 2.05) is 0 Å². The molecule has 1 aliphatic rings. The molecule has 0 bridgehead atoms. The van der Waals surface area contributed by atoms with Gasteiger partial charge in [-0.15, -0.1) is 0 Å². The zero-order chi connectivity index (χ0) is 19.4. The molecule has 148 valence electrons. The quantitative estimate of drug-likeness (QED) is 0.704. The molecule has 1 fully saturated rings. The zero-order valence-electron chi connectivity index (χ0n) is 16.2. The van der Waals surface area contributed by atoms with Crippen LogP contribution in [0.5, 0.6) is 0 Å². The third kappa shape index (κ3) is 4.31. The number of fused-ring (bicyclic) bond motifs is 1. The fourth-order valence-electron chi connectivity index (χ4n) is 3.98. The molecule has 1 aliphatic carbocycles. The minimum absolute atomic E-state index is 0.0474. The van der Waals surface area contributed by atoms with Gasteiger partial charge in [-0.3, -0.25) is 18.7 Å². The lowest BCUT2D eigenvalue weighted by Crippen LogP contribution is -2.37. The van der Waals surface area contributed by atoms with Gasteiger partial charge < -0.3 is 9.88 Å². The van der Waals surface area contributed by atoms with E-state index in [-0.39, 0.29) is 11.5 Å². The van der Waals surface area contributed by atoms with Gasteiger partial charge in [0, 0.05) is 33.6 Å². The van der Waals surface area contributed by atoms with Crippen molar-refractivity contribution in [3.05, 3.63) is 27.2 Å². The standard InChI is InChI=1S/C19H29N5O3/c1-22-17-16(18(26)23(2)19(22)27)24(13-21-17)12-6-10-15(25)20-11-5-9-14-7-3-4-8-14/h13-14H,3-12H2,1-2H3,(H,20,25). The number of amides is 1. The number of nitrogens with one attached hydrogen (secondary N) is 1. The molecule has 0 aromatic carbocycles. The smallest absolute Gasteiger partial charge is 0.332 e. The maximum absolute atomic E-state index is 12.4. The van der Waals surface area contributed by atoms with E-state index in [1.165, 1.54) is 43.7 Å². The Morgan fingerprint density at radius 2 is 1.93 bits per heavy atom. The molecule has 0 spiro atoms. The second-order valence-electron chi connectivity index (χ2n) is 7.56. The van der Waals surface area contributed by atoms with Crippen molar-refractivity contribution < 1.29 is 4.79 Å². The van der Waals surface area contributed by atoms with Crippen molar-refractivity contribution >= 4 is 17.1 Å². The molecule has 1 saturated carbocycles. The van der Waals surface area contributed by atoms with Gasteiger partial charge in [-0.05, 0) is 25.2 Å². The molecule has 1 N–H and O–H groups in total. The molecule has 0 atom stereocenters. The van der Waals surface area contributed by atoms with E-state index in [4.69, 9.17) is 0 Å². The zero-order valence-corrected chi connectivity index (χ0v) is 16.2. The fourth-order valence-corrected chi connectivity index (χ4v) is 3.98. The molecule has 0 radical (unpaired) electrons. The Morgan fingerprint density at radius 3 is 2.67 bits per heavy atom. The van der Waals surface area contributed by atoms with E-state index in [9.17, 15) is 14.4 Å². The molecule has 1 amide bonds. The lowest BCUT2D eigenvalue weighted by molar-refractivity contribution is -0.121. The van der Waals surface area contributed by atoms with Crippen LogP contribution < -0.4 is 16.6 Å². The van der Waals surface area contributed by atoms with Crippen LogP contribution >= 0.6 is 0 Å². The first-order chi connectivity index (χ1) is 13.0. The maximum atomic E-state index is 12.4. The van der Waals surface area contributed by atoms with E-state index < -0.39 is 5.69 Å². The number of aryl methyl sites for hydroxylation is 2. The predicted octanol–water partition coefficient (Wildman–Crippen LogP) is 1.30. The minimum atomic E-state index is -0.394. The number of hydrogen-bond donors (Lipinski definition) is 1. The molecule has 2 aromatic rings. The number of aromatic nitrogens is 4.